The number of carboxylic acid groups (broad SMARTS) is 1. The summed E-state index contributed by atoms with van der Waals surface area (Å²) >= 11 is 0. The van der Waals surface area contributed by atoms with Crippen molar-refractivity contribution in [1.29, 1.82) is 0 Å². The van der Waals surface area contributed by atoms with Crippen molar-refractivity contribution in [3.8, 4) is 0 Å². The number of hydrogen-bond acceptors (Lipinski definition) is 4. The Morgan fingerprint density at radius 1 is 1.04 bits per heavy atom. The van der Waals surface area contributed by atoms with Crippen LogP contribution < -0.4 is 10.3 Å². The van der Waals surface area contributed by atoms with E-state index in [2.05, 4.69) is 0 Å². The molecule has 0 aliphatic rings. The molecule has 9 heteroatoms. The van der Waals surface area contributed by atoms with Gasteiger partial charge in [-0.25, -0.2) is 17.6 Å². The quantitative estimate of drug-likeness (QED) is 0.708. The van der Waals surface area contributed by atoms with Crippen LogP contribution in [-0.4, -0.2) is 25.4 Å². The van der Waals surface area contributed by atoms with Crippen molar-refractivity contribution in [3.63, 3.8) is 0 Å². The maximum Gasteiger partial charge on any atom is 0.335 e. The fourth-order valence-corrected chi connectivity index (χ4v) is 2.57. The Morgan fingerprint density at radius 3 is 2.39 bits per heavy atom. The van der Waals surface area contributed by atoms with Gasteiger partial charge in [0, 0.05) is 0 Å². The Bertz CT molecular complexity index is 867. The summed E-state index contributed by atoms with van der Waals surface area (Å²) in [6, 6.07) is 9.60. The zero-order valence-electron chi connectivity index (χ0n) is 11.5. The number of carbonyl (C=O) groups excluding carboxylic acids is 1. The molecular weight excluding hydrogens is 327 g/mol. The second-order valence-corrected chi connectivity index (χ2v) is 6.05. The maximum atomic E-state index is 13.4. The molecule has 0 aliphatic heterocycles. The highest BCUT2D eigenvalue weighted by Gasteiger charge is 2.18. The van der Waals surface area contributed by atoms with Crippen molar-refractivity contribution in [2.75, 3.05) is 0 Å². The lowest BCUT2D eigenvalue weighted by molar-refractivity contribution is 0.0696. The molecule has 0 bridgehead atoms. The summed E-state index contributed by atoms with van der Waals surface area (Å²) in [5, 5.41) is 8.85. The molecule has 2 aromatic rings. The average Bonchev–Trinajstić information content (AvgIpc) is 2.53. The third-order valence-corrected chi connectivity index (χ3v) is 4.05. The molecule has 0 aromatic heterocycles. The number of hydrazine groups is 1. The maximum absolute atomic E-state index is 13.4. The Labute approximate surface area is 130 Å². The number of rotatable bonds is 5. The molecule has 0 saturated heterocycles. The van der Waals surface area contributed by atoms with E-state index in [4.69, 9.17) is 5.11 Å². The zero-order valence-corrected chi connectivity index (χ0v) is 12.3. The molecule has 2 rings (SSSR count). The second-order valence-electron chi connectivity index (χ2n) is 4.37. The van der Waals surface area contributed by atoms with Crippen LogP contribution in [-0.2, 0) is 10.0 Å². The number of benzene rings is 2. The Hall–Kier alpha value is -2.78. The van der Waals surface area contributed by atoms with Crippen molar-refractivity contribution in [2.45, 2.75) is 4.90 Å². The van der Waals surface area contributed by atoms with Gasteiger partial charge < -0.3 is 5.11 Å². The average molecular weight is 338 g/mol. The fraction of sp³-hybridized carbons (Fsp3) is 0. The van der Waals surface area contributed by atoms with E-state index in [1.807, 2.05) is 5.43 Å². The van der Waals surface area contributed by atoms with Crippen LogP contribution in [0.4, 0.5) is 4.39 Å². The van der Waals surface area contributed by atoms with E-state index in [9.17, 15) is 22.4 Å². The molecule has 23 heavy (non-hydrogen) atoms. The standard InChI is InChI=1S/C14H11FN2O5S/c15-12-7-2-1-6-11(12)13(18)16-17-23(21,22)10-5-3-4-9(8-10)14(19)20/h1-8,17H,(H,16,18)(H,19,20). The van der Waals surface area contributed by atoms with E-state index in [1.165, 1.54) is 30.3 Å². The van der Waals surface area contributed by atoms with Crippen LogP contribution in [0.2, 0.25) is 0 Å². The highest BCUT2D eigenvalue weighted by Crippen LogP contribution is 2.11. The van der Waals surface area contributed by atoms with Gasteiger partial charge in [-0.2, -0.15) is 0 Å². The Morgan fingerprint density at radius 2 is 1.74 bits per heavy atom. The molecule has 0 fully saturated rings. The Kier molecular flexibility index (Phi) is 4.72. The summed E-state index contributed by atoms with van der Waals surface area (Å²) in [4.78, 5) is 24.0. The smallest absolute Gasteiger partial charge is 0.335 e. The van der Waals surface area contributed by atoms with Crippen molar-refractivity contribution in [3.05, 3.63) is 65.5 Å². The number of carboxylic acids is 1. The van der Waals surface area contributed by atoms with E-state index in [0.717, 1.165) is 18.2 Å². The van der Waals surface area contributed by atoms with Crippen LogP contribution in [0.5, 0.6) is 0 Å². The molecule has 1 amide bonds. The van der Waals surface area contributed by atoms with Crippen molar-refractivity contribution < 1.29 is 27.5 Å². The van der Waals surface area contributed by atoms with Gasteiger partial charge in [-0.05, 0) is 30.3 Å². The topological polar surface area (TPSA) is 113 Å². The molecule has 0 heterocycles. The van der Waals surface area contributed by atoms with Crippen molar-refractivity contribution in [1.82, 2.24) is 10.3 Å². The van der Waals surface area contributed by atoms with Gasteiger partial charge in [0.05, 0.1) is 16.0 Å². The van der Waals surface area contributed by atoms with Gasteiger partial charge in [0.25, 0.3) is 15.9 Å². The lowest BCUT2D eigenvalue weighted by atomic mass is 10.2. The minimum Gasteiger partial charge on any atom is -0.478 e. The minimum absolute atomic E-state index is 0.228. The number of carbonyl (C=O) groups is 2. The largest absolute Gasteiger partial charge is 0.478 e. The van der Waals surface area contributed by atoms with E-state index in [1.54, 1.807) is 4.83 Å². The SMILES string of the molecule is O=C(O)c1cccc(S(=O)(=O)NNC(=O)c2ccccc2F)c1. The molecule has 120 valence electrons. The van der Waals surface area contributed by atoms with Gasteiger partial charge in [0.15, 0.2) is 0 Å². The summed E-state index contributed by atoms with van der Waals surface area (Å²) in [6.07, 6.45) is 0. The van der Waals surface area contributed by atoms with Gasteiger partial charge in [-0.1, -0.05) is 18.2 Å². The van der Waals surface area contributed by atoms with Crippen LogP contribution in [0, 0.1) is 5.82 Å². The molecule has 0 spiro atoms. The number of sulfonamides is 1. The zero-order chi connectivity index (χ0) is 17.0. The molecule has 0 unspecified atom stereocenters. The van der Waals surface area contributed by atoms with E-state index in [0.29, 0.717) is 0 Å². The van der Waals surface area contributed by atoms with Crippen LogP contribution in [0.25, 0.3) is 0 Å². The van der Waals surface area contributed by atoms with Gasteiger partial charge in [-0.15, -0.1) is 4.83 Å². The van der Waals surface area contributed by atoms with Gasteiger partial charge in [-0.3, -0.25) is 10.2 Å². The predicted octanol–water partition coefficient (Wildman–Crippen LogP) is 1.15. The third-order valence-electron chi connectivity index (χ3n) is 2.81. The normalized spacial score (nSPS) is 11.0. The number of nitrogens with one attached hydrogen (secondary N) is 2. The lowest BCUT2D eigenvalue weighted by Crippen LogP contribution is -2.41. The van der Waals surface area contributed by atoms with Crippen molar-refractivity contribution >= 4 is 21.9 Å². The van der Waals surface area contributed by atoms with Crippen LogP contribution >= 0.6 is 0 Å². The number of aromatic carboxylic acids is 1. The van der Waals surface area contributed by atoms with E-state index in [-0.39, 0.29) is 16.0 Å². The van der Waals surface area contributed by atoms with Gasteiger partial charge >= 0.3 is 5.97 Å². The lowest BCUT2D eigenvalue weighted by Gasteiger charge is -2.09. The Balaban J connectivity index is 2.16. The summed E-state index contributed by atoms with van der Waals surface area (Å²) in [5.74, 6) is -3.09. The first kappa shape index (κ1) is 16.6. The molecule has 0 saturated carbocycles. The molecule has 2 aromatic carbocycles. The molecule has 0 atom stereocenters. The summed E-state index contributed by atoms with van der Waals surface area (Å²) in [5.41, 5.74) is 1.30. The van der Waals surface area contributed by atoms with Gasteiger partial charge in [0.2, 0.25) is 0 Å². The first-order chi connectivity index (χ1) is 10.8. The number of hydrogen-bond donors (Lipinski definition) is 3. The predicted molar refractivity (Wildman–Crippen MR) is 77.6 cm³/mol. The van der Waals surface area contributed by atoms with Crippen LogP contribution in [0.1, 0.15) is 20.7 Å². The monoisotopic (exact) mass is 338 g/mol. The molecule has 0 radical (unpaired) electrons. The van der Waals surface area contributed by atoms with Gasteiger partial charge in [0.1, 0.15) is 5.82 Å². The first-order valence-electron chi connectivity index (χ1n) is 6.21. The first-order valence-corrected chi connectivity index (χ1v) is 7.69. The fourth-order valence-electron chi connectivity index (χ4n) is 1.68. The molecule has 3 N–H and O–H groups in total. The minimum atomic E-state index is -4.20. The summed E-state index contributed by atoms with van der Waals surface area (Å²) in [6.45, 7) is 0. The highest BCUT2D eigenvalue weighted by molar-refractivity contribution is 7.89. The molecular formula is C14H11FN2O5S. The number of halogens is 1. The van der Waals surface area contributed by atoms with E-state index < -0.39 is 27.7 Å². The van der Waals surface area contributed by atoms with E-state index >= 15 is 0 Å². The summed E-state index contributed by atoms with van der Waals surface area (Å²) in [7, 11) is -4.20. The highest BCUT2D eigenvalue weighted by atomic mass is 32.2. The van der Waals surface area contributed by atoms with Crippen LogP contribution in [0.15, 0.2) is 53.4 Å². The third kappa shape index (κ3) is 3.90. The summed E-state index contributed by atoms with van der Waals surface area (Å²) < 4.78 is 37.5. The van der Waals surface area contributed by atoms with Crippen LogP contribution in [0.3, 0.4) is 0 Å². The van der Waals surface area contributed by atoms with Crippen molar-refractivity contribution in [2.24, 2.45) is 0 Å². The number of amides is 1. The molecule has 7 nitrogen and oxygen atoms in total. The second kappa shape index (κ2) is 6.55. The molecule has 0 aliphatic carbocycles.